The fourth-order valence-corrected chi connectivity index (χ4v) is 2.74. The second-order valence-electron chi connectivity index (χ2n) is 4.17. The summed E-state index contributed by atoms with van der Waals surface area (Å²) >= 11 is 1.66. The second kappa shape index (κ2) is 6.96. The molecule has 2 aromatic rings. The van der Waals surface area contributed by atoms with E-state index in [0.717, 1.165) is 27.4 Å². The van der Waals surface area contributed by atoms with E-state index in [1.165, 1.54) is 0 Å². The summed E-state index contributed by atoms with van der Waals surface area (Å²) in [7, 11) is 1.67. The van der Waals surface area contributed by atoms with Crippen molar-refractivity contribution >= 4 is 23.8 Å². The van der Waals surface area contributed by atoms with Crippen LogP contribution in [0.3, 0.4) is 0 Å². The molecule has 2 rings (SSSR count). The van der Waals surface area contributed by atoms with Crippen LogP contribution in [0.5, 0.6) is 0 Å². The van der Waals surface area contributed by atoms with E-state index in [1.54, 1.807) is 18.9 Å². The van der Waals surface area contributed by atoms with Crippen molar-refractivity contribution in [2.75, 3.05) is 7.11 Å². The maximum atomic E-state index is 10.6. The fraction of sp³-hybridized carbons (Fsp3) is 0.118. The lowest BCUT2D eigenvalue weighted by Gasteiger charge is -2.08. The molecule has 0 saturated heterocycles. The van der Waals surface area contributed by atoms with Crippen molar-refractivity contribution in [1.29, 1.82) is 0 Å². The molecule has 0 fully saturated rings. The average Bonchev–Trinajstić information content (AvgIpc) is 2.50. The van der Waals surface area contributed by atoms with E-state index >= 15 is 0 Å². The van der Waals surface area contributed by atoms with Crippen LogP contribution in [0, 0.1) is 0 Å². The van der Waals surface area contributed by atoms with Crippen LogP contribution >= 0.6 is 11.8 Å². The number of carbonyl (C=O) groups is 1. The molecule has 0 N–H and O–H groups in total. The van der Waals surface area contributed by atoms with E-state index in [2.05, 4.69) is 12.1 Å². The van der Waals surface area contributed by atoms with Gasteiger partial charge in [-0.3, -0.25) is 4.79 Å². The standard InChI is InChI=1S/C17H16O2S/c1-3-17(19-2)14-5-4-6-16(11-14)20-15-9-7-13(12-18)8-10-15/h3-12H,1-2H3. The Hall–Kier alpha value is -2.00. The number of aldehydes is 1. The summed E-state index contributed by atoms with van der Waals surface area (Å²) in [5.41, 5.74) is 1.75. The van der Waals surface area contributed by atoms with Crippen molar-refractivity contribution in [2.24, 2.45) is 0 Å². The van der Waals surface area contributed by atoms with E-state index < -0.39 is 0 Å². The first-order valence-electron chi connectivity index (χ1n) is 6.30. The molecule has 3 heteroatoms. The first-order chi connectivity index (χ1) is 9.76. The minimum absolute atomic E-state index is 0.693. The van der Waals surface area contributed by atoms with E-state index in [9.17, 15) is 4.79 Å². The Bertz CT molecular complexity index is 615. The third-order valence-electron chi connectivity index (χ3n) is 2.85. The van der Waals surface area contributed by atoms with Gasteiger partial charge >= 0.3 is 0 Å². The highest BCUT2D eigenvalue weighted by Gasteiger charge is 2.03. The summed E-state index contributed by atoms with van der Waals surface area (Å²) in [5, 5.41) is 0. The van der Waals surface area contributed by atoms with Crippen LogP contribution in [0.15, 0.2) is 64.4 Å². The average molecular weight is 284 g/mol. The van der Waals surface area contributed by atoms with Gasteiger partial charge in [0, 0.05) is 20.9 Å². The number of hydrogen-bond donors (Lipinski definition) is 0. The summed E-state index contributed by atoms with van der Waals surface area (Å²) < 4.78 is 5.33. The van der Waals surface area contributed by atoms with Gasteiger partial charge in [0.15, 0.2) is 0 Å². The summed E-state index contributed by atoms with van der Waals surface area (Å²) in [5.74, 6) is 0.865. The Kier molecular flexibility index (Phi) is 5.02. The molecule has 2 aromatic carbocycles. The molecule has 0 radical (unpaired) electrons. The minimum Gasteiger partial charge on any atom is -0.496 e. The molecule has 0 unspecified atom stereocenters. The largest absolute Gasteiger partial charge is 0.496 e. The van der Waals surface area contributed by atoms with Crippen LogP contribution in [0.2, 0.25) is 0 Å². The SMILES string of the molecule is CC=C(OC)c1cccc(Sc2ccc(C=O)cc2)c1. The zero-order chi connectivity index (χ0) is 14.4. The van der Waals surface area contributed by atoms with Crippen molar-refractivity contribution in [2.45, 2.75) is 16.7 Å². The first-order valence-corrected chi connectivity index (χ1v) is 7.12. The van der Waals surface area contributed by atoms with E-state index in [1.807, 2.05) is 49.4 Å². The van der Waals surface area contributed by atoms with Crippen LogP contribution < -0.4 is 0 Å². The van der Waals surface area contributed by atoms with Gasteiger partial charge in [-0.05, 0) is 37.3 Å². The summed E-state index contributed by atoms with van der Waals surface area (Å²) in [6, 6.07) is 15.7. The Morgan fingerprint density at radius 1 is 1.10 bits per heavy atom. The molecular formula is C17H16O2S. The van der Waals surface area contributed by atoms with Gasteiger partial charge in [0.05, 0.1) is 7.11 Å². The summed E-state index contributed by atoms with van der Waals surface area (Å²) in [6.07, 6.45) is 2.80. The van der Waals surface area contributed by atoms with Crippen LogP contribution in [0.25, 0.3) is 5.76 Å². The lowest BCUT2D eigenvalue weighted by molar-refractivity contribution is 0.112. The molecule has 0 aliphatic heterocycles. The third-order valence-corrected chi connectivity index (χ3v) is 3.85. The number of carbonyl (C=O) groups excluding carboxylic acids is 1. The van der Waals surface area contributed by atoms with E-state index in [4.69, 9.17) is 4.74 Å². The van der Waals surface area contributed by atoms with Crippen molar-refractivity contribution in [3.05, 3.63) is 65.7 Å². The number of allylic oxidation sites excluding steroid dienone is 1. The fourth-order valence-electron chi connectivity index (χ4n) is 1.87. The first kappa shape index (κ1) is 14.4. The van der Waals surface area contributed by atoms with Crippen molar-refractivity contribution in [1.82, 2.24) is 0 Å². The lowest BCUT2D eigenvalue weighted by Crippen LogP contribution is -1.87. The van der Waals surface area contributed by atoms with E-state index in [-0.39, 0.29) is 0 Å². The van der Waals surface area contributed by atoms with Gasteiger partial charge in [0.2, 0.25) is 0 Å². The van der Waals surface area contributed by atoms with Crippen LogP contribution in [-0.4, -0.2) is 13.4 Å². The predicted molar refractivity (Wildman–Crippen MR) is 83.1 cm³/mol. The smallest absolute Gasteiger partial charge is 0.150 e. The van der Waals surface area contributed by atoms with Crippen LogP contribution in [0.4, 0.5) is 0 Å². The molecule has 0 heterocycles. The highest BCUT2D eigenvalue weighted by atomic mass is 32.2. The third kappa shape index (κ3) is 3.52. The van der Waals surface area contributed by atoms with Gasteiger partial charge in [0.25, 0.3) is 0 Å². The maximum Gasteiger partial charge on any atom is 0.150 e. The van der Waals surface area contributed by atoms with Crippen molar-refractivity contribution in [3.63, 3.8) is 0 Å². The van der Waals surface area contributed by atoms with Gasteiger partial charge in [0.1, 0.15) is 12.0 Å². The van der Waals surface area contributed by atoms with Gasteiger partial charge in [-0.25, -0.2) is 0 Å². The Morgan fingerprint density at radius 2 is 1.85 bits per heavy atom. The topological polar surface area (TPSA) is 26.3 Å². The van der Waals surface area contributed by atoms with Crippen molar-refractivity contribution < 1.29 is 9.53 Å². The normalized spacial score (nSPS) is 11.2. The van der Waals surface area contributed by atoms with Crippen molar-refractivity contribution in [3.8, 4) is 0 Å². The zero-order valence-corrected chi connectivity index (χ0v) is 12.3. The van der Waals surface area contributed by atoms with Gasteiger partial charge in [-0.2, -0.15) is 0 Å². The van der Waals surface area contributed by atoms with Gasteiger partial charge in [-0.1, -0.05) is 36.0 Å². The van der Waals surface area contributed by atoms with Crippen LogP contribution in [-0.2, 0) is 4.74 Å². The number of rotatable bonds is 5. The molecule has 0 aliphatic rings. The number of hydrogen-bond acceptors (Lipinski definition) is 3. The Labute approximate surface area is 123 Å². The zero-order valence-electron chi connectivity index (χ0n) is 11.5. The number of methoxy groups -OCH3 is 1. The monoisotopic (exact) mass is 284 g/mol. The number of benzene rings is 2. The number of ether oxygens (including phenoxy) is 1. The molecule has 0 spiro atoms. The van der Waals surface area contributed by atoms with E-state index in [0.29, 0.717) is 5.56 Å². The summed E-state index contributed by atoms with van der Waals surface area (Å²) in [4.78, 5) is 12.9. The Balaban J connectivity index is 2.20. The van der Waals surface area contributed by atoms with Crippen LogP contribution in [0.1, 0.15) is 22.8 Å². The highest BCUT2D eigenvalue weighted by molar-refractivity contribution is 7.99. The molecule has 0 bridgehead atoms. The molecule has 0 saturated carbocycles. The maximum absolute atomic E-state index is 10.6. The summed E-state index contributed by atoms with van der Waals surface area (Å²) in [6.45, 7) is 1.96. The molecule has 102 valence electrons. The molecule has 0 amide bonds. The molecule has 2 nitrogen and oxygen atoms in total. The Morgan fingerprint density at radius 3 is 2.45 bits per heavy atom. The van der Waals surface area contributed by atoms with Gasteiger partial charge < -0.3 is 4.74 Å². The highest BCUT2D eigenvalue weighted by Crippen LogP contribution is 2.29. The quantitative estimate of drug-likeness (QED) is 0.590. The predicted octanol–water partition coefficient (Wildman–Crippen LogP) is 4.66. The second-order valence-corrected chi connectivity index (χ2v) is 5.32. The molecule has 0 aromatic heterocycles. The van der Waals surface area contributed by atoms with Gasteiger partial charge in [-0.15, -0.1) is 0 Å². The minimum atomic E-state index is 0.693. The molecule has 0 atom stereocenters. The lowest BCUT2D eigenvalue weighted by atomic mass is 10.2. The molecule has 0 aliphatic carbocycles. The molecule has 20 heavy (non-hydrogen) atoms. The molecular weight excluding hydrogens is 268 g/mol.